The summed E-state index contributed by atoms with van der Waals surface area (Å²) in [6.45, 7) is 1.54. The van der Waals surface area contributed by atoms with E-state index in [1.54, 1.807) is 6.92 Å². The third-order valence-corrected chi connectivity index (χ3v) is 2.22. The van der Waals surface area contributed by atoms with Gasteiger partial charge in [-0.15, -0.1) is 0 Å². The second-order valence-electron chi connectivity index (χ2n) is 2.59. The molecule has 0 amide bonds. The van der Waals surface area contributed by atoms with Crippen LogP contribution in [0.4, 0.5) is 0 Å². The highest BCUT2D eigenvalue weighted by molar-refractivity contribution is 6.34. The number of aliphatic carboxylic acids is 1. The standard InChI is InChI=1S/C8H7Cl2NO2/c1-4(8(12)13)5-3-11-7(10)2-6(5)9/h2-4H,1H3,(H,12,13). The van der Waals surface area contributed by atoms with E-state index in [1.807, 2.05) is 0 Å². The molecule has 1 aromatic rings. The van der Waals surface area contributed by atoms with E-state index in [9.17, 15) is 4.79 Å². The zero-order chi connectivity index (χ0) is 10.0. The fourth-order valence-electron chi connectivity index (χ4n) is 0.870. The third kappa shape index (κ3) is 2.32. The summed E-state index contributed by atoms with van der Waals surface area (Å²) in [6, 6.07) is 1.43. The lowest BCUT2D eigenvalue weighted by Gasteiger charge is -2.07. The van der Waals surface area contributed by atoms with Gasteiger partial charge in [0.15, 0.2) is 0 Å². The van der Waals surface area contributed by atoms with Gasteiger partial charge in [-0.3, -0.25) is 4.79 Å². The van der Waals surface area contributed by atoms with Gasteiger partial charge >= 0.3 is 5.97 Å². The Bertz CT molecular complexity index is 341. The first-order valence-electron chi connectivity index (χ1n) is 3.56. The van der Waals surface area contributed by atoms with Gasteiger partial charge in [0.25, 0.3) is 0 Å². The molecule has 3 nitrogen and oxygen atoms in total. The van der Waals surface area contributed by atoms with Crippen LogP contribution in [0, 0.1) is 0 Å². The van der Waals surface area contributed by atoms with Gasteiger partial charge in [-0.05, 0) is 13.0 Å². The Morgan fingerprint density at radius 2 is 2.23 bits per heavy atom. The van der Waals surface area contributed by atoms with E-state index in [2.05, 4.69) is 4.98 Å². The quantitative estimate of drug-likeness (QED) is 0.779. The molecular weight excluding hydrogens is 213 g/mol. The Kier molecular flexibility index (Phi) is 3.12. The molecule has 0 fully saturated rings. The van der Waals surface area contributed by atoms with Gasteiger partial charge in [-0.25, -0.2) is 4.98 Å². The fraction of sp³-hybridized carbons (Fsp3) is 0.250. The lowest BCUT2D eigenvalue weighted by molar-refractivity contribution is -0.138. The van der Waals surface area contributed by atoms with E-state index >= 15 is 0 Å². The van der Waals surface area contributed by atoms with Crippen LogP contribution in [0.3, 0.4) is 0 Å². The zero-order valence-corrected chi connectivity index (χ0v) is 8.30. The van der Waals surface area contributed by atoms with Crippen molar-refractivity contribution in [1.29, 1.82) is 0 Å². The number of aromatic nitrogens is 1. The van der Waals surface area contributed by atoms with E-state index in [-0.39, 0.29) is 5.15 Å². The smallest absolute Gasteiger partial charge is 0.310 e. The molecule has 0 bridgehead atoms. The third-order valence-electron chi connectivity index (χ3n) is 1.69. The minimum absolute atomic E-state index is 0.256. The van der Waals surface area contributed by atoms with Crippen molar-refractivity contribution < 1.29 is 9.90 Å². The molecule has 1 rings (SSSR count). The maximum atomic E-state index is 10.6. The predicted molar refractivity (Wildman–Crippen MR) is 50.3 cm³/mol. The number of pyridine rings is 1. The Labute approximate surface area is 85.3 Å². The first-order chi connectivity index (χ1) is 6.02. The summed E-state index contributed by atoms with van der Waals surface area (Å²) >= 11 is 11.3. The van der Waals surface area contributed by atoms with E-state index in [4.69, 9.17) is 28.3 Å². The van der Waals surface area contributed by atoms with Gasteiger partial charge in [-0.1, -0.05) is 23.2 Å². The summed E-state index contributed by atoms with van der Waals surface area (Å²) in [7, 11) is 0. The van der Waals surface area contributed by atoms with Crippen LogP contribution in [0.15, 0.2) is 12.3 Å². The van der Waals surface area contributed by atoms with Gasteiger partial charge in [0.1, 0.15) is 5.15 Å². The molecule has 5 heteroatoms. The van der Waals surface area contributed by atoms with Crippen LogP contribution in [-0.4, -0.2) is 16.1 Å². The molecule has 70 valence electrons. The van der Waals surface area contributed by atoms with Crippen molar-refractivity contribution in [2.45, 2.75) is 12.8 Å². The maximum Gasteiger partial charge on any atom is 0.310 e. The number of carboxylic acid groups (broad SMARTS) is 1. The molecule has 1 atom stereocenters. The molecule has 1 unspecified atom stereocenters. The molecule has 0 radical (unpaired) electrons. The molecule has 1 heterocycles. The van der Waals surface area contributed by atoms with Crippen LogP contribution in [-0.2, 0) is 4.79 Å². The normalized spacial score (nSPS) is 12.5. The second-order valence-corrected chi connectivity index (χ2v) is 3.38. The highest BCUT2D eigenvalue weighted by atomic mass is 35.5. The van der Waals surface area contributed by atoms with Gasteiger partial charge in [0, 0.05) is 16.8 Å². The second kappa shape index (κ2) is 3.94. The Hall–Kier alpha value is -0.800. The van der Waals surface area contributed by atoms with Crippen molar-refractivity contribution in [3.63, 3.8) is 0 Å². The topological polar surface area (TPSA) is 50.2 Å². The summed E-state index contributed by atoms with van der Waals surface area (Å²) in [5, 5.41) is 9.29. The summed E-state index contributed by atoms with van der Waals surface area (Å²) in [6.07, 6.45) is 1.38. The number of carboxylic acids is 1. The monoisotopic (exact) mass is 219 g/mol. The van der Waals surface area contributed by atoms with Crippen molar-refractivity contribution in [3.8, 4) is 0 Å². The molecule has 1 aromatic heterocycles. The van der Waals surface area contributed by atoms with Crippen molar-refractivity contribution in [3.05, 3.63) is 28.0 Å². The van der Waals surface area contributed by atoms with Crippen molar-refractivity contribution >= 4 is 29.2 Å². The van der Waals surface area contributed by atoms with Crippen molar-refractivity contribution in [2.75, 3.05) is 0 Å². The van der Waals surface area contributed by atoms with E-state index in [0.717, 1.165) is 0 Å². The van der Waals surface area contributed by atoms with E-state index in [1.165, 1.54) is 12.3 Å². The molecule has 0 spiro atoms. The largest absolute Gasteiger partial charge is 0.481 e. The zero-order valence-electron chi connectivity index (χ0n) is 6.79. The van der Waals surface area contributed by atoms with Crippen LogP contribution in [0.25, 0.3) is 0 Å². The van der Waals surface area contributed by atoms with Gasteiger partial charge < -0.3 is 5.11 Å². The van der Waals surface area contributed by atoms with E-state index in [0.29, 0.717) is 10.6 Å². The van der Waals surface area contributed by atoms with Crippen molar-refractivity contribution in [2.24, 2.45) is 0 Å². The van der Waals surface area contributed by atoms with Gasteiger partial charge in [0.05, 0.1) is 5.92 Å². The van der Waals surface area contributed by atoms with Crippen LogP contribution in [0.1, 0.15) is 18.4 Å². The maximum absolute atomic E-state index is 10.6. The number of rotatable bonds is 2. The molecular formula is C8H7Cl2NO2. The molecule has 0 aliphatic rings. The minimum Gasteiger partial charge on any atom is -0.481 e. The predicted octanol–water partition coefficient (Wildman–Crippen LogP) is 2.58. The molecule has 13 heavy (non-hydrogen) atoms. The summed E-state index contributed by atoms with van der Waals surface area (Å²) in [4.78, 5) is 14.4. The van der Waals surface area contributed by atoms with Gasteiger partial charge in [-0.2, -0.15) is 0 Å². The summed E-state index contributed by atoms with van der Waals surface area (Å²) in [5.41, 5.74) is 0.471. The van der Waals surface area contributed by atoms with Crippen LogP contribution >= 0.6 is 23.2 Å². The lowest BCUT2D eigenvalue weighted by Crippen LogP contribution is -2.08. The minimum atomic E-state index is -0.939. The number of hydrogen-bond acceptors (Lipinski definition) is 2. The molecule has 0 aliphatic heterocycles. The summed E-state index contributed by atoms with van der Waals surface area (Å²) < 4.78 is 0. The highest BCUT2D eigenvalue weighted by Crippen LogP contribution is 2.25. The molecule has 0 saturated carbocycles. The molecule has 0 aliphatic carbocycles. The molecule has 0 aromatic carbocycles. The Morgan fingerprint density at radius 3 is 2.69 bits per heavy atom. The van der Waals surface area contributed by atoms with Crippen LogP contribution < -0.4 is 0 Å². The first-order valence-corrected chi connectivity index (χ1v) is 4.31. The van der Waals surface area contributed by atoms with Gasteiger partial charge in [0.2, 0.25) is 0 Å². The average Bonchev–Trinajstić information content (AvgIpc) is 2.03. The number of nitrogens with zero attached hydrogens (tertiary/aromatic N) is 1. The molecule has 1 N–H and O–H groups in total. The lowest BCUT2D eigenvalue weighted by atomic mass is 10.0. The number of hydrogen-bond donors (Lipinski definition) is 1. The number of halogens is 2. The Morgan fingerprint density at radius 1 is 1.62 bits per heavy atom. The highest BCUT2D eigenvalue weighted by Gasteiger charge is 2.17. The summed E-state index contributed by atoms with van der Waals surface area (Å²) in [5.74, 6) is -1.61. The Balaban J connectivity index is 3.08. The van der Waals surface area contributed by atoms with Crippen LogP contribution in [0.5, 0.6) is 0 Å². The SMILES string of the molecule is CC(C(=O)O)c1cnc(Cl)cc1Cl. The molecule has 0 saturated heterocycles. The average molecular weight is 220 g/mol. The van der Waals surface area contributed by atoms with E-state index < -0.39 is 11.9 Å². The van der Waals surface area contributed by atoms with Crippen LogP contribution in [0.2, 0.25) is 10.2 Å². The number of carbonyl (C=O) groups is 1. The first kappa shape index (κ1) is 10.3. The van der Waals surface area contributed by atoms with Crippen molar-refractivity contribution in [1.82, 2.24) is 4.98 Å². The fourth-order valence-corrected chi connectivity index (χ4v) is 1.40.